The number of fused-ring (bicyclic) bond motifs is 3. The second-order valence-electron chi connectivity index (χ2n) is 9.06. The maximum atomic E-state index is 5.68. The summed E-state index contributed by atoms with van der Waals surface area (Å²) in [6.07, 6.45) is 4.73. The highest BCUT2D eigenvalue weighted by Gasteiger charge is 2.19. The molecule has 2 N–H and O–H groups in total. The van der Waals surface area contributed by atoms with Gasteiger partial charge in [-0.15, -0.1) is 0 Å². The highest BCUT2D eigenvalue weighted by atomic mass is 16.5. The first-order valence-electron chi connectivity index (χ1n) is 11.7. The minimum atomic E-state index is 0.631. The molecule has 0 radical (unpaired) electrons. The zero-order valence-corrected chi connectivity index (χ0v) is 19.7. The molecule has 4 aromatic heterocycles. The van der Waals surface area contributed by atoms with E-state index in [1.54, 1.807) is 0 Å². The first kappa shape index (κ1) is 20.9. The van der Waals surface area contributed by atoms with Gasteiger partial charge in [0, 0.05) is 66.9 Å². The van der Waals surface area contributed by atoms with E-state index in [4.69, 9.17) is 14.8 Å². The molecule has 0 saturated carbocycles. The molecule has 0 fully saturated rings. The van der Waals surface area contributed by atoms with Crippen LogP contribution >= 0.6 is 0 Å². The lowest BCUT2D eigenvalue weighted by Gasteiger charge is -2.21. The molecule has 0 amide bonds. The van der Waals surface area contributed by atoms with Crippen molar-refractivity contribution in [1.82, 2.24) is 29.6 Å². The van der Waals surface area contributed by atoms with Crippen molar-refractivity contribution in [3.63, 3.8) is 0 Å². The summed E-state index contributed by atoms with van der Waals surface area (Å²) in [5, 5.41) is 13.7. The lowest BCUT2D eigenvalue weighted by atomic mass is 10.0. The Hall–Kier alpha value is -3.72. The number of pyridine rings is 3. The molecule has 0 bridgehead atoms. The average molecular weight is 457 g/mol. The molecule has 6 heterocycles. The van der Waals surface area contributed by atoms with Crippen LogP contribution in [0.5, 0.6) is 5.88 Å². The molecule has 174 valence electrons. The van der Waals surface area contributed by atoms with E-state index in [0.717, 1.165) is 83.2 Å². The average Bonchev–Trinajstić information content (AvgIpc) is 3.14. The third-order valence-corrected chi connectivity index (χ3v) is 6.69. The van der Waals surface area contributed by atoms with Crippen LogP contribution in [0.1, 0.15) is 17.0 Å². The first-order chi connectivity index (χ1) is 16.5. The van der Waals surface area contributed by atoms with Crippen LogP contribution in [0, 0.1) is 13.8 Å². The van der Waals surface area contributed by atoms with E-state index < -0.39 is 0 Å². The molecule has 4 aromatic rings. The fraction of sp³-hybridized carbons (Fsp3) is 0.360. The topological polar surface area (TPSA) is 93.0 Å². The molecule has 0 atom stereocenters. The van der Waals surface area contributed by atoms with Gasteiger partial charge in [0.2, 0.25) is 5.88 Å². The lowest BCUT2D eigenvalue weighted by Crippen LogP contribution is -2.21. The maximum absolute atomic E-state index is 5.68. The van der Waals surface area contributed by atoms with Crippen LogP contribution in [-0.4, -0.2) is 62.9 Å². The van der Waals surface area contributed by atoms with Crippen LogP contribution < -0.4 is 15.4 Å². The van der Waals surface area contributed by atoms with Gasteiger partial charge in [-0.25, -0.2) is 9.97 Å². The molecule has 9 heteroatoms. The van der Waals surface area contributed by atoms with Gasteiger partial charge in [0.15, 0.2) is 5.82 Å². The van der Waals surface area contributed by atoms with Crippen LogP contribution in [0.15, 0.2) is 30.6 Å². The van der Waals surface area contributed by atoms with Crippen LogP contribution in [0.3, 0.4) is 0 Å². The van der Waals surface area contributed by atoms with E-state index >= 15 is 0 Å². The number of rotatable bonds is 3. The Kier molecular flexibility index (Phi) is 5.06. The SMILES string of the molecule is Cc1c(-c2cc3cc(Nc4cc5n(n4)CCN(C)CC5)ncc3c(C)n2)cnc2c1NCCO2. The van der Waals surface area contributed by atoms with Crippen molar-refractivity contribution in [3.8, 4) is 17.1 Å². The molecular weight excluding hydrogens is 428 g/mol. The zero-order valence-electron chi connectivity index (χ0n) is 19.7. The first-order valence-corrected chi connectivity index (χ1v) is 11.7. The van der Waals surface area contributed by atoms with Gasteiger partial charge in [-0.1, -0.05) is 0 Å². The van der Waals surface area contributed by atoms with E-state index in [1.165, 1.54) is 5.69 Å². The molecule has 6 rings (SSSR count). The predicted octanol–water partition coefficient (Wildman–Crippen LogP) is 3.54. The third-order valence-electron chi connectivity index (χ3n) is 6.69. The summed E-state index contributed by atoms with van der Waals surface area (Å²) in [7, 11) is 2.15. The Balaban J connectivity index is 1.34. The number of nitrogens with zero attached hydrogens (tertiary/aromatic N) is 6. The molecule has 0 aromatic carbocycles. The monoisotopic (exact) mass is 456 g/mol. The summed E-state index contributed by atoms with van der Waals surface area (Å²) in [6.45, 7) is 8.47. The maximum Gasteiger partial charge on any atom is 0.237 e. The quantitative estimate of drug-likeness (QED) is 0.484. The van der Waals surface area contributed by atoms with E-state index in [9.17, 15) is 0 Å². The molecule has 2 aliphatic heterocycles. The van der Waals surface area contributed by atoms with Crippen molar-refractivity contribution >= 4 is 28.1 Å². The predicted molar refractivity (Wildman–Crippen MR) is 133 cm³/mol. The van der Waals surface area contributed by atoms with Crippen molar-refractivity contribution in [3.05, 3.63) is 47.5 Å². The van der Waals surface area contributed by atoms with Crippen molar-refractivity contribution in [2.24, 2.45) is 0 Å². The Morgan fingerprint density at radius 1 is 1.03 bits per heavy atom. The minimum Gasteiger partial charge on any atom is -0.474 e. The number of ether oxygens (including phenoxy) is 1. The van der Waals surface area contributed by atoms with Crippen molar-refractivity contribution in [2.75, 3.05) is 43.9 Å². The Bertz CT molecular complexity index is 1370. The van der Waals surface area contributed by atoms with Gasteiger partial charge in [0.1, 0.15) is 18.1 Å². The highest BCUT2D eigenvalue weighted by molar-refractivity contribution is 5.90. The Morgan fingerprint density at radius 2 is 1.94 bits per heavy atom. The van der Waals surface area contributed by atoms with Crippen molar-refractivity contribution in [2.45, 2.75) is 26.8 Å². The van der Waals surface area contributed by atoms with Gasteiger partial charge >= 0.3 is 0 Å². The molecule has 0 saturated heterocycles. The molecule has 9 nitrogen and oxygen atoms in total. The Labute approximate surface area is 198 Å². The summed E-state index contributed by atoms with van der Waals surface area (Å²) in [5.41, 5.74) is 6.12. The molecule has 34 heavy (non-hydrogen) atoms. The van der Waals surface area contributed by atoms with Crippen molar-refractivity contribution < 1.29 is 4.74 Å². The Morgan fingerprint density at radius 3 is 2.85 bits per heavy atom. The van der Waals surface area contributed by atoms with Gasteiger partial charge < -0.3 is 20.3 Å². The molecule has 0 unspecified atom stereocenters. The second kappa shape index (κ2) is 8.25. The summed E-state index contributed by atoms with van der Waals surface area (Å²) < 4.78 is 7.78. The van der Waals surface area contributed by atoms with Crippen molar-refractivity contribution in [1.29, 1.82) is 0 Å². The van der Waals surface area contributed by atoms with E-state index in [-0.39, 0.29) is 0 Å². The highest BCUT2D eigenvalue weighted by Crippen LogP contribution is 2.36. The fourth-order valence-corrected chi connectivity index (χ4v) is 4.72. The fourth-order valence-electron chi connectivity index (χ4n) is 4.72. The molecule has 2 aliphatic rings. The lowest BCUT2D eigenvalue weighted by molar-refractivity contribution is 0.310. The number of hydrogen-bond acceptors (Lipinski definition) is 8. The van der Waals surface area contributed by atoms with Crippen LogP contribution in [0.2, 0.25) is 0 Å². The summed E-state index contributed by atoms with van der Waals surface area (Å²) in [6, 6.07) is 6.30. The van der Waals surface area contributed by atoms with Gasteiger partial charge in [-0.3, -0.25) is 9.67 Å². The van der Waals surface area contributed by atoms with E-state index in [0.29, 0.717) is 12.5 Å². The number of nitrogens with one attached hydrogen (secondary N) is 2. The molecular formula is C25H28N8O. The second-order valence-corrected chi connectivity index (χ2v) is 9.06. The van der Waals surface area contributed by atoms with Crippen LogP contribution in [0.25, 0.3) is 22.0 Å². The number of likely N-dealkylation sites (N-methyl/N-ethyl adjacent to an activating group) is 1. The van der Waals surface area contributed by atoms with E-state index in [1.807, 2.05) is 19.3 Å². The van der Waals surface area contributed by atoms with Gasteiger partial charge in [-0.2, -0.15) is 5.10 Å². The summed E-state index contributed by atoms with van der Waals surface area (Å²) in [4.78, 5) is 16.4. The molecule has 0 spiro atoms. The normalized spacial score (nSPS) is 15.7. The summed E-state index contributed by atoms with van der Waals surface area (Å²) >= 11 is 0. The van der Waals surface area contributed by atoms with E-state index in [2.05, 4.69) is 62.4 Å². The third kappa shape index (κ3) is 3.71. The largest absolute Gasteiger partial charge is 0.474 e. The number of anilines is 3. The van der Waals surface area contributed by atoms with Gasteiger partial charge in [-0.05, 0) is 44.0 Å². The minimum absolute atomic E-state index is 0.631. The van der Waals surface area contributed by atoms with Gasteiger partial charge in [0.05, 0.1) is 12.2 Å². The summed E-state index contributed by atoms with van der Waals surface area (Å²) in [5.74, 6) is 2.26. The smallest absolute Gasteiger partial charge is 0.237 e. The van der Waals surface area contributed by atoms with Crippen LogP contribution in [0.4, 0.5) is 17.3 Å². The number of hydrogen-bond donors (Lipinski definition) is 2. The standard InChI is InChI=1S/C25H28N8O/c1-15-19(13-28-25-24(15)26-5-9-34-25)21-10-17-11-22(27-14-20(17)16(2)29-21)30-23-12-18-4-6-32(3)7-8-33(18)31-23/h10-14,26H,4-9H2,1-3H3,(H,27,30,31). The number of aromatic nitrogens is 5. The molecule has 0 aliphatic carbocycles. The number of aryl methyl sites for hydroxylation is 1. The van der Waals surface area contributed by atoms with Crippen LogP contribution in [-0.2, 0) is 13.0 Å². The zero-order chi connectivity index (χ0) is 23.2. The van der Waals surface area contributed by atoms with Gasteiger partial charge in [0.25, 0.3) is 0 Å².